The molecule has 2 aliphatic carbocycles. The molecule has 0 saturated carbocycles. The summed E-state index contributed by atoms with van der Waals surface area (Å²) in [6, 6.07) is 0. The van der Waals surface area contributed by atoms with E-state index in [1.165, 1.54) is 0 Å². The summed E-state index contributed by atoms with van der Waals surface area (Å²) in [5, 5.41) is 0. The molecule has 82 valence electrons. The molecule has 0 saturated heterocycles. The molecule has 0 bridgehead atoms. The van der Waals surface area contributed by atoms with Gasteiger partial charge in [0.05, 0.1) is 0 Å². The van der Waals surface area contributed by atoms with Crippen molar-refractivity contribution in [2.75, 3.05) is 0 Å². The van der Waals surface area contributed by atoms with Gasteiger partial charge >= 0.3 is 0 Å². The summed E-state index contributed by atoms with van der Waals surface area (Å²) in [6.07, 6.45) is -2.59. The first-order valence-electron chi connectivity index (χ1n) is 4.19. The summed E-state index contributed by atoms with van der Waals surface area (Å²) in [7, 11) is 0. The Kier molecular flexibility index (Phi) is 1.99. The first kappa shape index (κ1) is 10.3. The van der Waals surface area contributed by atoms with Crippen LogP contribution in [0.4, 0.5) is 22.0 Å². The van der Waals surface area contributed by atoms with Crippen molar-refractivity contribution in [3.8, 4) is 0 Å². The highest BCUT2D eigenvalue weighted by Crippen LogP contribution is 2.49. The lowest BCUT2D eigenvalue weighted by Gasteiger charge is -2.29. The third-order valence-electron chi connectivity index (χ3n) is 2.67. The summed E-state index contributed by atoms with van der Waals surface area (Å²) in [5.74, 6) is -8.95. The fourth-order valence-electron chi connectivity index (χ4n) is 1.84. The molecule has 15 heavy (non-hydrogen) atoms. The summed E-state index contributed by atoms with van der Waals surface area (Å²) in [4.78, 5) is 10.9. The Bertz CT molecular complexity index is 399. The zero-order valence-corrected chi connectivity index (χ0v) is 7.24. The van der Waals surface area contributed by atoms with Crippen LogP contribution in [-0.4, -0.2) is 17.6 Å². The van der Waals surface area contributed by atoms with E-state index >= 15 is 0 Å². The van der Waals surface area contributed by atoms with Crippen molar-refractivity contribution < 1.29 is 26.7 Å². The Morgan fingerprint density at radius 1 is 1.33 bits per heavy atom. The van der Waals surface area contributed by atoms with Crippen molar-refractivity contribution in [2.24, 2.45) is 5.92 Å². The van der Waals surface area contributed by atoms with Gasteiger partial charge in [-0.2, -0.15) is 0 Å². The molecule has 0 unspecified atom stereocenters. The quantitative estimate of drug-likeness (QED) is 0.578. The molecule has 0 radical (unpaired) electrons. The molecule has 1 nitrogen and oxygen atoms in total. The van der Waals surface area contributed by atoms with Crippen LogP contribution < -0.4 is 0 Å². The largest absolute Gasteiger partial charge is 0.287 e. The van der Waals surface area contributed by atoms with Gasteiger partial charge in [-0.15, -0.1) is 0 Å². The fraction of sp³-hybridized carbons (Fsp3) is 0.444. The van der Waals surface area contributed by atoms with Crippen molar-refractivity contribution >= 4 is 5.78 Å². The van der Waals surface area contributed by atoms with Gasteiger partial charge in [-0.25, -0.2) is 22.0 Å². The van der Waals surface area contributed by atoms with Crippen LogP contribution in [0, 0.1) is 5.92 Å². The zero-order valence-electron chi connectivity index (χ0n) is 7.24. The molecule has 2 aliphatic rings. The average molecular weight is 224 g/mol. The highest BCUT2D eigenvalue weighted by molar-refractivity contribution is 6.05. The Labute approximate surface area is 81.3 Å². The maximum absolute atomic E-state index is 13.7. The third-order valence-corrected chi connectivity index (χ3v) is 2.67. The highest BCUT2D eigenvalue weighted by Gasteiger charge is 2.60. The molecule has 3 atom stereocenters. The van der Waals surface area contributed by atoms with Gasteiger partial charge in [0.25, 0.3) is 0 Å². The minimum atomic E-state index is -3.38. The number of carbonyl (C=O) groups is 1. The van der Waals surface area contributed by atoms with Crippen molar-refractivity contribution in [1.82, 2.24) is 0 Å². The minimum absolute atomic E-state index is 0.501. The number of ketones is 1. The number of hydrogen-bond acceptors (Lipinski definition) is 1. The number of alkyl halides is 2. The van der Waals surface area contributed by atoms with E-state index in [1.807, 2.05) is 0 Å². The Morgan fingerprint density at radius 3 is 2.53 bits per heavy atom. The maximum atomic E-state index is 13.7. The summed E-state index contributed by atoms with van der Waals surface area (Å²) >= 11 is 0. The lowest BCUT2D eigenvalue weighted by Crippen LogP contribution is -2.42. The van der Waals surface area contributed by atoms with Gasteiger partial charge in [0.15, 0.2) is 23.7 Å². The van der Waals surface area contributed by atoms with Gasteiger partial charge in [-0.3, -0.25) is 4.79 Å². The first-order valence-corrected chi connectivity index (χ1v) is 4.19. The molecular weight excluding hydrogens is 219 g/mol. The molecule has 0 aliphatic heterocycles. The van der Waals surface area contributed by atoms with Crippen molar-refractivity contribution in [1.29, 1.82) is 0 Å². The number of rotatable bonds is 0. The molecule has 0 heterocycles. The molecule has 0 aromatic rings. The van der Waals surface area contributed by atoms with E-state index < -0.39 is 47.4 Å². The average Bonchev–Trinajstić information content (AvgIpc) is 2.41. The van der Waals surface area contributed by atoms with Crippen LogP contribution in [0.25, 0.3) is 0 Å². The number of allylic oxidation sites excluding steroid dienone is 4. The number of hydrogen-bond donors (Lipinski definition) is 0. The number of carbonyl (C=O) groups excluding carboxylic acids is 1. The van der Waals surface area contributed by atoms with Crippen LogP contribution >= 0.6 is 0 Å². The van der Waals surface area contributed by atoms with Gasteiger partial charge in [-0.05, 0) is 12.5 Å². The summed E-state index contributed by atoms with van der Waals surface area (Å²) < 4.78 is 65.1. The van der Waals surface area contributed by atoms with E-state index in [1.54, 1.807) is 0 Å². The zero-order chi connectivity index (χ0) is 11.4. The van der Waals surface area contributed by atoms with Crippen LogP contribution in [0.2, 0.25) is 0 Å². The maximum Gasteiger partial charge on any atom is 0.235 e. The van der Waals surface area contributed by atoms with E-state index in [0.29, 0.717) is 6.08 Å². The van der Waals surface area contributed by atoms with Crippen LogP contribution in [0.3, 0.4) is 0 Å². The van der Waals surface area contributed by atoms with E-state index in [2.05, 4.69) is 0 Å². The number of fused-ring (bicyclic) bond motifs is 1. The summed E-state index contributed by atoms with van der Waals surface area (Å²) in [6.45, 7) is 0. The van der Waals surface area contributed by atoms with E-state index in [4.69, 9.17) is 0 Å². The van der Waals surface area contributed by atoms with E-state index in [9.17, 15) is 26.7 Å². The number of Topliss-reactive ketones (excluding diaryl/α,β-unsaturated/α-hetero) is 1. The molecule has 0 N–H and O–H groups in total. The topological polar surface area (TPSA) is 17.1 Å². The fourth-order valence-corrected chi connectivity index (χ4v) is 1.84. The van der Waals surface area contributed by atoms with Crippen molar-refractivity contribution in [3.05, 3.63) is 23.6 Å². The van der Waals surface area contributed by atoms with Crippen LogP contribution in [0.1, 0.15) is 6.42 Å². The SMILES string of the molecule is O=C1C(F)=C[C@@H]2C[C@@H](F)C(F)=C(F)[C@]12F. The lowest BCUT2D eigenvalue weighted by molar-refractivity contribution is -0.128. The highest BCUT2D eigenvalue weighted by atomic mass is 19.2. The van der Waals surface area contributed by atoms with Gasteiger partial charge in [0, 0.05) is 5.92 Å². The number of halogens is 5. The molecule has 0 amide bonds. The molecule has 0 fully saturated rings. The monoisotopic (exact) mass is 224 g/mol. The first-order chi connectivity index (χ1) is 6.89. The molecule has 2 rings (SSSR count). The molecule has 0 aromatic carbocycles. The van der Waals surface area contributed by atoms with E-state index in [0.717, 1.165) is 0 Å². The smallest absolute Gasteiger partial charge is 0.235 e. The second-order valence-electron chi connectivity index (χ2n) is 3.53. The third kappa shape index (κ3) is 1.10. The van der Waals surface area contributed by atoms with Crippen LogP contribution in [0.5, 0.6) is 0 Å². The normalized spacial score (nSPS) is 40.6. The van der Waals surface area contributed by atoms with Crippen molar-refractivity contribution in [3.63, 3.8) is 0 Å². The standard InChI is InChI=1S/C9H5F5O/c10-4-1-3-2-5(11)8(15)9(3,14)7(13)6(4)12/h2-4H,1H2/t3-,4+,9-/m0/s1. The second kappa shape index (κ2) is 2.90. The Morgan fingerprint density at radius 2 is 1.93 bits per heavy atom. The van der Waals surface area contributed by atoms with Gasteiger partial charge in [0.2, 0.25) is 11.5 Å². The molecular formula is C9H5F5O. The Balaban J connectivity index is 2.56. The van der Waals surface area contributed by atoms with Gasteiger partial charge in [0.1, 0.15) is 0 Å². The van der Waals surface area contributed by atoms with E-state index in [-0.39, 0.29) is 0 Å². The Hall–Kier alpha value is -1.20. The van der Waals surface area contributed by atoms with Crippen molar-refractivity contribution in [2.45, 2.75) is 18.3 Å². The van der Waals surface area contributed by atoms with Gasteiger partial charge < -0.3 is 0 Å². The lowest BCUT2D eigenvalue weighted by atomic mass is 9.81. The van der Waals surface area contributed by atoms with Crippen LogP contribution in [0.15, 0.2) is 23.6 Å². The minimum Gasteiger partial charge on any atom is -0.287 e. The predicted molar refractivity (Wildman–Crippen MR) is 40.3 cm³/mol. The predicted octanol–water partition coefficient (Wildman–Crippen LogP) is 2.64. The second-order valence-corrected chi connectivity index (χ2v) is 3.53. The van der Waals surface area contributed by atoms with Crippen LogP contribution in [-0.2, 0) is 4.79 Å². The molecule has 6 heteroatoms. The molecule has 0 spiro atoms. The summed E-state index contributed by atoms with van der Waals surface area (Å²) in [5.41, 5.74) is -3.38. The molecule has 0 aromatic heterocycles. The van der Waals surface area contributed by atoms with Gasteiger partial charge in [-0.1, -0.05) is 0 Å².